The number of benzene rings is 2. The van der Waals surface area contributed by atoms with Crippen LogP contribution in [0, 0.1) is 0 Å². The topological polar surface area (TPSA) is 71.1 Å². The molecule has 0 atom stereocenters. The van der Waals surface area contributed by atoms with E-state index in [1.54, 1.807) is 42.3 Å². The van der Waals surface area contributed by atoms with E-state index < -0.39 is 0 Å². The molecule has 160 valence electrons. The molecule has 1 aliphatic heterocycles. The molecular weight excluding hydrogens is 406 g/mol. The Morgan fingerprint density at radius 2 is 1.80 bits per heavy atom. The third-order valence-electron chi connectivity index (χ3n) is 4.89. The highest BCUT2D eigenvalue weighted by Crippen LogP contribution is 2.28. The van der Waals surface area contributed by atoms with Gasteiger partial charge in [0.05, 0.1) is 31.0 Å². The van der Waals surface area contributed by atoms with Crippen LogP contribution in [0.2, 0.25) is 5.02 Å². The second-order valence-electron chi connectivity index (χ2n) is 6.90. The molecule has 30 heavy (non-hydrogen) atoms. The van der Waals surface area contributed by atoms with E-state index in [2.05, 4.69) is 5.32 Å². The Kier molecular flexibility index (Phi) is 7.54. The highest BCUT2D eigenvalue weighted by Gasteiger charge is 2.24. The number of hydrogen-bond donors (Lipinski definition) is 1. The Hall–Kier alpha value is -2.77. The molecule has 2 amide bonds. The Bertz CT molecular complexity index is 898. The average molecular weight is 432 g/mol. The maximum atomic E-state index is 12.9. The lowest BCUT2D eigenvalue weighted by molar-refractivity contribution is -0.117. The standard InChI is InChI=1S/C22H26ClN3O4/c1-3-30-19-9-8-16(14-20(19)29-2)22(28)26-12-10-25(11-13-26)15-21(27)24-18-7-5-4-6-17(18)23/h4-9,14H,3,10-13,15H2,1-2H3,(H,24,27). The molecule has 3 rings (SSSR count). The molecule has 1 aliphatic rings. The maximum Gasteiger partial charge on any atom is 0.254 e. The summed E-state index contributed by atoms with van der Waals surface area (Å²) in [7, 11) is 1.55. The van der Waals surface area contributed by atoms with Gasteiger partial charge in [0.15, 0.2) is 11.5 Å². The molecule has 0 bridgehead atoms. The van der Waals surface area contributed by atoms with Gasteiger partial charge in [0.2, 0.25) is 5.91 Å². The van der Waals surface area contributed by atoms with Crippen molar-refractivity contribution < 1.29 is 19.1 Å². The molecule has 0 aromatic heterocycles. The van der Waals surface area contributed by atoms with Crippen LogP contribution in [0.1, 0.15) is 17.3 Å². The molecule has 1 fully saturated rings. The van der Waals surface area contributed by atoms with E-state index >= 15 is 0 Å². The molecule has 7 nitrogen and oxygen atoms in total. The Morgan fingerprint density at radius 1 is 1.07 bits per heavy atom. The van der Waals surface area contributed by atoms with Gasteiger partial charge >= 0.3 is 0 Å². The number of para-hydroxylation sites is 1. The van der Waals surface area contributed by atoms with Crippen molar-refractivity contribution in [1.82, 2.24) is 9.80 Å². The van der Waals surface area contributed by atoms with E-state index in [0.29, 0.717) is 60.6 Å². The SMILES string of the molecule is CCOc1ccc(C(=O)N2CCN(CC(=O)Nc3ccccc3Cl)CC2)cc1OC. The van der Waals surface area contributed by atoms with Crippen LogP contribution in [-0.2, 0) is 4.79 Å². The van der Waals surface area contributed by atoms with E-state index in [9.17, 15) is 9.59 Å². The number of halogens is 1. The molecular formula is C22H26ClN3O4. The predicted molar refractivity (Wildman–Crippen MR) is 117 cm³/mol. The molecule has 8 heteroatoms. The van der Waals surface area contributed by atoms with Crippen molar-refractivity contribution in [2.75, 3.05) is 51.8 Å². The van der Waals surface area contributed by atoms with Crippen LogP contribution >= 0.6 is 11.6 Å². The van der Waals surface area contributed by atoms with Gasteiger partial charge in [0.1, 0.15) is 0 Å². The van der Waals surface area contributed by atoms with Crippen molar-refractivity contribution in [3.63, 3.8) is 0 Å². The van der Waals surface area contributed by atoms with Gasteiger partial charge in [-0.25, -0.2) is 0 Å². The number of carbonyl (C=O) groups is 2. The molecule has 1 N–H and O–H groups in total. The first kappa shape index (κ1) is 21.9. The fraction of sp³-hybridized carbons (Fsp3) is 0.364. The first-order valence-electron chi connectivity index (χ1n) is 9.88. The van der Waals surface area contributed by atoms with Crippen molar-refractivity contribution >= 4 is 29.1 Å². The number of hydrogen-bond acceptors (Lipinski definition) is 5. The summed E-state index contributed by atoms with van der Waals surface area (Å²) >= 11 is 6.08. The third kappa shape index (κ3) is 5.43. The molecule has 0 saturated carbocycles. The predicted octanol–water partition coefficient (Wildman–Crippen LogP) is 3.14. The minimum absolute atomic E-state index is 0.0588. The zero-order chi connectivity index (χ0) is 21.5. The van der Waals surface area contributed by atoms with E-state index in [4.69, 9.17) is 21.1 Å². The molecule has 0 radical (unpaired) electrons. The van der Waals surface area contributed by atoms with Crippen LogP contribution in [0.15, 0.2) is 42.5 Å². The number of nitrogens with one attached hydrogen (secondary N) is 1. The van der Waals surface area contributed by atoms with Crippen LogP contribution in [-0.4, -0.2) is 68.1 Å². The lowest BCUT2D eigenvalue weighted by Crippen LogP contribution is -2.50. The minimum atomic E-state index is -0.126. The third-order valence-corrected chi connectivity index (χ3v) is 5.21. The van der Waals surface area contributed by atoms with Crippen molar-refractivity contribution in [2.45, 2.75) is 6.92 Å². The molecule has 1 saturated heterocycles. The van der Waals surface area contributed by atoms with Crippen LogP contribution in [0.5, 0.6) is 11.5 Å². The Labute approximate surface area is 181 Å². The fourth-order valence-electron chi connectivity index (χ4n) is 3.32. The number of amides is 2. The summed E-state index contributed by atoms with van der Waals surface area (Å²) in [6, 6.07) is 12.3. The van der Waals surface area contributed by atoms with Crippen molar-refractivity contribution in [3.8, 4) is 11.5 Å². The minimum Gasteiger partial charge on any atom is -0.493 e. The highest BCUT2D eigenvalue weighted by atomic mass is 35.5. The van der Waals surface area contributed by atoms with E-state index in [1.807, 2.05) is 24.0 Å². The number of methoxy groups -OCH3 is 1. The van der Waals surface area contributed by atoms with Gasteiger partial charge in [-0.1, -0.05) is 23.7 Å². The summed E-state index contributed by atoms with van der Waals surface area (Å²) in [4.78, 5) is 29.0. The van der Waals surface area contributed by atoms with Gasteiger partial charge in [-0.3, -0.25) is 14.5 Å². The molecule has 1 heterocycles. The van der Waals surface area contributed by atoms with Crippen LogP contribution < -0.4 is 14.8 Å². The normalized spacial score (nSPS) is 14.3. The van der Waals surface area contributed by atoms with Crippen molar-refractivity contribution in [1.29, 1.82) is 0 Å². The monoisotopic (exact) mass is 431 g/mol. The summed E-state index contributed by atoms with van der Waals surface area (Å²) in [6.07, 6.45) is 0. The number of rotatable bonds is 7. The average Bonchev–Trinajstić information content (AvgIpc) is 2.76. The smallest absolute Gasteiger partial charge is 0.254 e. The summed E-state index contributed by atoms with van der Waals surface area (Å²) < 4.78 is 10.8. The number of piperazine rings is 1. The van der Waals surface area contributed by atoms with E-state index in [0.717, 1.165) is 0 Å². The quantitative estimate of drug-likeness (QED) is 0.729. The highest BCUT2D eigenvalue weighted by molar-refractivity contribution is 6.33. The number of ether oxygens (including phenoxy) is 2. The Balaban J connectivity index is 1.53. The second-order valence-corrected chi connectivity index (χ2v) is 7.30. The zero-order valence-corrected chi connectivity index (χ0v) is 17.9. The van der Waals surface area contributed by atoms with Gasteiger partial charge in [0, 0.05) is 31.7 Å². The Morgan fingerprint density at radius 3 is 2.47 bits per heavy atom. The van der Waals surface area contributed by atoms with Gasteiger partial charge in [0.25, 0.3) is 5.91 Å². The molecule has 0 aliphatic carbocycles. The summed E-state index contributed by atoms with van der Waals surface area (Å²) in [5.41, 5.74) is 1.16. The summed E-state index contributed by atoms with van der Waals surface area (Å²) in [6.45, 7) is 5.01. The van der Waals surface area contributed by atoms with Gasteiger partial charge in [-0.2, -0.15) is 0 Å². The number of anilines is 1. The summed E-state index contributed by atoms with van der Waals surface area (Å²) in [5, 5.41) is 3.33. The fourth-order valence-corrected chi connectivity index (χ4v) is 3.51. The first-order chi connectivity index (χ1) is 14.5. The van der Waals surface area contributed by atoms with E-state index in [-0.39, 0.29) is 18.4 Å². The van der Waals surface area contributed by atoms with Crippen LogP contribution in [0.4, 0.5) is 5.69 Å². The van der Waals surface area contributed by atoms with Crippen LogP contribution in [0.25, 0.3) is 0 Å². The lowest BCUT2D eigenvalue weighted by atomic mass is 10.1. The van der Waals surface area contributed by atoms with Gasteiger partial charge in [-0.05, 0) is 37.3 Å². The second kappa shape index (κ2) is 10.3. The first-order valence-corrected chi connectivity index (χ1v) is 10.3. The van der Waals surface area contributed by atoms with E-state index in [1.165, 1.54) is 0 Å². The summed E-state index contributed by atoms with van der Waals surface area (Å²) in [5.74, 6) is 0.971. The van der Waals surface area contributed by atoms with Gasteiger partial charge < -0.3 is 19.7 Å². The maximum absolute atomic E-state index is 12.9. The lowest BCUT2D eigenvalue weighted by Gasteiger charge is -2.34. The van der Waals surface area contributed by atoms with Crippen LogP contribution in [0.3, 0.4) is 0 Å². The van der Waals surface area contributed by atoms with Gasteiger partial charge in [-0.15, -0.1) is 0 Å². The largest absolute Gasteiger partial charge is 0.493 e. The molecule has 2 aromatic rings. The van der Waals surface area contributed by atoms with Crippen molar-refractivity contribution in [2.24, 2.45) is 0 Å². The molecule has 2 aromatic carbocycles. The number of carbonyl (C=O) groups excluding carboxylic acids is 2. The molecule has 0 spiro atoms. The molecule has 0 unspecified atom stereocenters. The zero-order valence-electron chi connectivity index (χ0n) is 17.2. The number of nitrogens with zero attached hydrogens (tertiary/aromatic N) is 2. The van der Waals surface area contributed by atoms with Crippen molar-refractivity contribution in [3.05, 3.63) is 53.1 Å².